The van der Waals surface area contributed by atoms with Crippen molar-refractivity contribution in [1.82, 2.24) is 14.8 Å². The van der Waals surface area contributed by atoms with Crippen molar-refractivity contribution in [2.75, 3.05) is 13.7 Å². The summed E-state index contributed by atoms with van der Waals surface area (Å²) >= 11 is 7.69. The summed E-state index contributed by atoms with van der Waals surface area (Å²) in [5.74, 6) is -0.0796. The Labute approximate surface area is 166 Å². The number of methoxy groups -OCH3 is 1. The van der Waals surface area contributed by atoms with Crippen LogP contribution >= 0.6 is 22.9 Å². The molecule has 0 saturated heterocycles. The lowest BCUT2D eigenvalue weighted by molar-refractivity contribution is 0.0593. The Morgan fingerprint density at radius 1 is 1.33 bits per heavy atom. The lowest BCUT2D eigenvalue weighted by Gasteiger charge is -2.07. The molecule has 0 aliphatic heterocycles. The molecule has 6 nitrogen and oxygen atoms in total. The number of aromatic nitrogens is 3. The first-order valence-corrected chi connectivity index (χ1v) is 9.66. The van der Waals surface area contributed by atoms with Gasteiger partial charge in [0.25, 0.3) is 5.19 Å². The zero-order valence-electron chi connectivity index (χ0n) is 15.3. The fraction of sp³-hybridized carbons (Fsp3) is 0.316. The van der Waals surface area contributed by atoms with Gasteiger partial charge in [-0.15, -0.1) is 0 Å². The van der Waals surface area contributed by atoms with Crippen molar-refractivity contribution in [1.29, 1.82) is 0 Å². The third-order valence-corrected chi connectivity index (χ3v) is 5.03. The first-order chi connectivity index (χ1) is 13.0. The van der Waals surface area contributed by atoms with Gasteiger partial charge in [0.05, 0.1) is 37.0 Å². The fourth-order valence-electron chi connectivity index (χ4n) is 2.41. The van der Waals surface area contributed by atoms with Crippen LogP contribution in [0.5, 0.6) is 5.19 Å². The standard InChI is InChI=1S/C19H20ClN3O3S/c1-12(2)11-26-19-21-9-17(27-19)16-8-15(18(24)25-3)22-23(16)10-13-6-4-5-7-14(13)20/h4-9,12H,10-11H2,1-3H3. The largest absolute Gasteiger partial charge is 0.470 e. The van der Waals surface area contributed by atoms with Crippen molar-refractivity contribution in [2.24, 2.45) is 5.92 Å². The highest BCUT2D eigenvalue weighted by Gasteiger charge is 2.19. The molecule has 0 radical (unpaired) electrons. The Hall–Kier alpha value is -2.38. The quantitative estimate of drug-likeness (QED) is 0.540. The van der Waals surface area contributed by atoms with Crippen molar-refractivity contribution in [3.63, 3.8) is 0 Å². The van der Waals surface area contributed by atoms with Gasteiger partial charge in [0, 0.05) is 5.02 Å². The highest BCUT2D eigenvalue weighted by atomic mass is 35.5. The molecule has 0 unspecified atom stereocenters. The van der Waals surface area contributed by atoms with Crippen molar-refractivity contribution in [3.05, 3.63) is 52.8 Å². The number of ether oxygens (including phenoxy) is 2. The molecule has 0 amide bonds. The van der Waals surface area contributed by atoms with E-state index in [0.717, 1.165) is 16.1 Å². The minimum absolute atomic E-state index is 0.234. The molecule has 2 heterocycles. The number of hydrogen-bond acceptors (Lipinski definition) is 6. The van der Waals surface area contributed by atoms with Crippen molar-refractivity contribution in [3.8, 4) is 15.8 Å². The molecule has 0 atom stereocenters. The summed E-state index contributed by atoms with van der Waals surface area (Å²) in [6.07, 6.45) is 1.72. The molecule has 27 heavy (non-hydrogen) atoms. The van der Waals surface area contributed by atoms with E-state index in [9.17, 15) is 4.79 Å². The van der Waals surface area contributed by atoms with E-state index in [1.165, 1.54) is 18.4 Å². The van der Waals surface area contributed by atoms with Crippen LogP contribution in [-0.4, -0.2) is 34.5 Å². The molecule has 0 aliphatic rings. The first kappa shape index (κ1) is 19.4. The molecule has 1 aromatic carbocycles. The van der Waals surface area contributed by atoms with Crippen LogP contribution in [0.1, 0.15) is 29.9 Å². The summed E-state index contributed by atoms with van der Waals surface area (Å²) in [4.78, 5) is 17.1. The molecule has 3 rings (SSSR count). The van der Waals surface area contributed by atoms with Gasteiger partial charge in [-0.3, -0.25) is 4.68 Å². The molecule has 0 N–H and O–H groups in total. The van der Waals surface area contributed by atoms with Crippen LogP contribution < -0.4 is 4.74 Å². The third-order valence-electron chi connectivity index (χ3n) is 3.73. The van der Waals surface area contributed by atoms with E-state index in [0.29, 0.717) is 29.3 Å². The van der Waals surface area contributed by atoms with Crippen molar-refractivity contribution in [2.45, 2.75) is 20.4 Å². The van der Waals surface area contributed by atoms with Gasteiger partial charge in [-0.05, 0) is 23.6 Å². The molecule has 0 aliphatic carbocycles. The Kier molecular flexibility index (Phi) is 6.13. The molecule has 142 valence electrons. The number of carbonyl (C=O) groups is 1. The van der Waals surface area contributed by atoms with Crippen LogP contribution in [0.15, 0.2) is 36.5 Å². The molecular weight excluding hydrogens is 386 g/mol. The average molecular weight is 406 g/mol. The van der Waals surface area contributed by atoms with E-state index in [1.54, 1.807) is 16.9 Å². The Bertz CT molecular complexity index is 936. The van der Waals surface area contributed by atoms with E-state index in [4.69, 9.17) is 21.1 Å². The smallest absolute Gasteiger partial charge is 0.358 e. The normalized spacial score (nSPS) is 11.0. The van der Waals surface area contributed by atoms with Gasteiger partial charge in [-0.25, -0.2) is 9.78 Å². The van der Waals surface area contributed by atoms with Gasteiger partial charge >= 0.3 is 5.97 Å². The number of benzene rings is 1. The molecule has 0 saturated carbocycles. The van der Waals surface area contributed by atoms with Gasteiger partial charge in [0.2, 0.25) is 0 Å². The summed E-state index contributed by atoms with van der Waals surface area (Å²) in [5, 5.41) is 5.63. The molecular formula is C19H20ClN3O3S. The van der Waals surface area contributed by atoms with E-state index >= 15 is 0 Å². The SMILES string of the molecule is COC(=O)c1cc(-c2cnc(OCC(C)C)s2)n(Cc2ccccc2Cl)n1. The lowest BCUT2D eigenvalue weighted by Crippen LogP contribution is -2.07. The van der Waals surface area contributed by atoms with Crippen molar-refractivity contribution >= 4 is 28.9 Å². The Morgan fingerprint density at radius 2 is 2.11 bits per heavy atom. The molecule has 0 spiro atoms. The lowest BCUT2D eigenvalue weighted by atomic mass is 10.2. The van der Waals surface area contributed by atoms with Gasteiger partial charge < -0.3 is 9.47 Å². The number of esters is 1. The third kappa shape index (κ3) is 4.67. The minimum atomic E-state index is -0.491. The molecule has 0 bridgehead atoms. The maximum absolute atomic E-state index is 12.0. The zero-order chi connectivity index (χ0) is 19.4. The summed E-state index contributed by atoms with van der Waals surface area (Å²) in [6, 6.07) is 9.23. The Morgan fingerprint density at radius 3 is 2.81 bits per heavy atom. The number of rotatable bonds is 7. The van der Waals surface area contributed by atoms with E-state index in [-0.39, 0.29) is 5.69 Å². The molecule has 8 heteroatoms. The van der Waals surface area contributed by atoms with Crippen molar-refractivity contribution < 1.29 is 14.3 Å². The molecule has 3 aromatic rings. The second-order valence-electron chi connectivity index (χ2n) is 6.35. The summed E-state index contributed by atoms with van der Waals surface area (Å²) < 4.78 is 12.2. The van der Waals surface area contributed by atoms with E-state index in [2.05, 4.69) is 23.9 Å². The van der Waals surface area contributed by atoms with Crippen LogP contribution in [-0.2, 0) is 11.3 Å². The Balaban J connectivity index is 1.94. The predicted octanol–water partition coefficient (Wildman–Crippen LogP) is 4.53. The van der Waals surface area contributed by atoms with Crippen LogP contribution in [0.25, 0.3) is 10.6 Å². The van der Waals surface area contributed by atoms with Crippen LogP contribution in [0.4, 0.5) is 0 Å². The monoisotopic (exact) mass is 405 g/mol. The molecule has 0 fully saturated rings. The van der Waals surface area contributed by atoms with E-state index < -0.39 is 5.97 Å². The minimum Gasteiger partial charge on any atom is -0.470 e. The number of carbonyl (C=O) groups excluding carboxylic acids is 1. The second-order valence-corrected chi connectivity index (χ2v) is 7.75. The highest BCUT2D eigenvalue weighted by Crippen LogP contribution is 2.32. The van der Waals surface area contributed by atoms with E-state index in [1.807, 2.05) is 24.3 Å². The summed E-state index contributed by atoms with van der Waals surface area (Å²) in [7, 11) is 1.33. The average Bonchev–Trinajstić information content (AvgIpc) is 3.28. The van der Waals surface area contributed by atoms with Gasteiger partial charge in [0.1, 0.15) is 0 Å². The number of halogens is 1. The van der Waals surface area contributed by atoms with Crippen LogP contribution in [0.2, 0.25) is 5.02 Å². The van der Waals surface area contributed by atoms with Gasteiger partial charge in [-0.1, -0.05) is 55.0 Å². The topological polar surface area (TPSA) is 66.2 Å². The summed E-state index contributed by atoms with van der Waals surface area (Å²) in [6.45, 7) is 5.18. The van der Waals surface area contributed by atoms with Gasteiger partial charge in [-0.2, -0.15) is 5.10 Å². The van der Waals surface area contributed by atoms with Gasteiger partial charge in [0.15, 0.2) is 5.69 Å². The fourth-order valence-corrected chi connectivity index (χ4v) is 3.40. The molecule has 2 aromatic heterocycles. The van der Waals surface area contributed by atoms with Crippen LogP contribution in [0, 0.1) is 5.92 Å². The second kappa shape index (κ2) is 8.54. The highest BCUT2D eigenvalue weighted by molar-refractivity contribution is 7.16. The van der Waals surface area contributed by atoms with Crippen LogP contribution in [0.3, 0.4) is 0 Å². The maximum atomic E-state index is 12.0. The number of hydrogen-bond donors (Lipinski definition) is 0. The first-order valence-electron chi connectivity index (χ1n) is 8.46. The predicted molar refractivity (Wildman–Crippen MR) is 106 cm³/mol. The number of nitrogens with zero attached hydrogens (tertiary/aromatic N) is 3. The maximum Gasteiger partial charge on any atom is 0.358 e. The zero-order valence-corrected chi connectivity index (χ0v) is 16.9. The summed E-state index contributed by atoms with van der Waals surface area (Å²) in [5.41, 5.74) is 1.89. The number of thiazole rings is 1.